The van der Waals surface area contributed by atoms with Gasteiger partial charge in [0.25, 0.3) is 0 Å². The van der Waals surface area contributed by atoms with Crippen LogP contribution in [0.3, 0.4) is 0 Å². The largest absolute Gasteiger partial charge is 0.475 e. The second kappa shape index (κ2) is 4.40. The van der Waals surface area contributed by atoms with Gasteiger partial charge in [0, 0.05) is 5.94 Å². The molecule has 1 aliphatic rings. The van der Waals surface area contributed by atoms with Crippen LogP contribution < -0.4 is 5.73 Å². The molecule has 1 fully saturated rings. The Morgan fingerprint density at radius 3 is 2.07 bits per heavy atom. The van der Waals surface area contributed by atoms with Gasteiger partial charge in [0.2, 0.25) is 0 Å². The Bertz CT molecular complexity index is 207. The first kappa shape index (κ1) is 12.9. The predicted molar refractivity (Wildman–Crippen MR) is 59.3 cm³/mol. The standard InChI is InChI=1S/C10H21BFNO2/c1-9(2)10(3,4)15-11(14-9)8(13)6-5-7-12/h8H,5-7,13H2,1-4H3. The fraction of sp³-hybridized carbons (Fsp3) is 1.00. The van der Waals surface area contributed by atoms with Crippen molar-refractivity contribution in [2.24, 2.45) is 5.73 Å². The monoisotopic (exact) mass is 217 g/mol. The van der Waals surface area contributed by atoms with Crippen molar-refractivity contribution in [3.8, 4) is 0 Å². The van der Waals surface area contributed by atoms with E-state index in [4.69, 9.17) is 15.0 Å². The van der Waals surface area contributed by atoms with Gasteiger partial charge in [-0.2, -0.15) is 0 Å². The van der Waals surface area contributed by atoms with Crippen LogP contribution in [0.15, 0.2) is 0 Å². The Morgan fingerprint density at radius 2 is 1.67 bits per heavy atom. The van der Waals surface area contributed by atoms with E-state index in [1.807, 2.05) is 27.7 Å². The van der Waals surface area contributed by atoms with Crippen molar-refractivity contribution in [2.45, 2.75) is 57.7 Å². The maximum absolute atomic E-state index is 12.0. The summed E-state index contributed by atoms with van der Waals surface area (Å²) in [5, 5.41) is 0. The van der Waals surface area contributed by atoms with Crippen molar-refractivity contribution in [1.29, 1.82) is 0 Å². The highest BCUT2D eigenvalue weighted by molar-refractivity contribution is 6.47. The summed E-state index contributed by atoms with van der Waals surface area (Å²) >= 11 is 0. The molecule has 15 heavy (non-hydrogen) atoms. The number of alkyl halides is 1. The van der Waals surface area contributed by atoms with E-state index in [0.29, 0.717) is 12.8 Å². The van der Waals surface area contributed by atoms with E-state index in [-0.39, 0.29) is 23.8 Å². The summed E-state index contributed by atoms with van der Waals surface area (Å²) in [5.41, 5.74) is 5.18. The molecule has 1 rings (SSSR count). The van der Waals surface area contributed by atoms with Crippen molar-refractivity contribution in [2.75, 3.05) is 6.67 Å². The first-order chi connectivity index (χ1) is 6.80. The second-order valence-electron chi connectivity index (χ2n) is 5.12. The maximum atomic E-state index is 12.0. The molecule has 1 heterocycles. The zero-order valence-corrected chi connectivity index (χ0v) is 10.0. The Balaban J connectivity index is 2.54. The van der Waals surface area contributed by atoms with Gasteiger partial charge in [-0.15, -0.1) is 0 Å². The number of halogens is 1. The smallest absolute Gasteiger partial charge is 0.402 e. The zero-order chi connectivity index (χ0) is 11.7. The fourth-order valence-electron chi connectivity index (χ4n) is 1.51. The highest BCUT2D eigenvalue weighted by Gasteiger charge is 2.52. The molecular formula is C10H21BFNO2. The van der Waals surface area contributed by atoms with Crippen LogP contribution >= 0.6 is 0 Å². The third kappa shape index (κ3) is 2.71. The van der Waals surface area contributed by atoms with E-state index in [2.05, 4.69) is 0 Å². The lowest BCUT2D eigenvalue weighted by atomic mass is 9.76. The molecule has 5 heteroatoms. The van der Waals surface area contributed by atoms with E-state index in [0.717, 1.165) is 0 Å². The van der Waals surface area contributed by atoms with Crippen LogP contribution in [0.25, 0.3) is 0 Å². The van der Waals surface area contributed by atoms with Crippen molar-refractivity contribution >= 4 is 7.12 Å². The van der Waals surface area contributed by atoms with Gasteiger partial charge < -0.3 is 15.0 Å². The van der Waals surface area contributed by atoms with Gasteiger partial charge in [0.15, 0.2) is 0 Å². The molecule has 1 saturated heterocycles. The quantitative estimate of drug-likeness (QED) is 0.729. The van der Waals surface area contributed by atoms with Crippen LogP contribution in [0, 0.1) is 0 Å². The maximum Gasteiger partial charge on any atom is 0.475 e. The molecule has 0 amide bonds. The van der Waals surface area contributed by atoms with Gasteiger partial charge in [0.1, 0.15) is 0 Å². The molecule has 0 radical (unpaired) electrons. The highest BCUT2D eigenvalue weighted by atomic mass is 19.1. The highest BCUT2D eigenvalue weighted by Crippen LogP contribution is 2.37. The number of hydrogen-bond donors (Lipinski definition) is 1. The molecule has 88 valence electrons. The third-order valence-corrected chi connectivity index (χ3v) is 3.29. The van der Waals surface area contributed by atoms with E-state index < -0.39 is 7.12 Å². The van der Waals surface area contributed by atoms with Crippen molar-refractivity contribution in [1.82, 2.24) is 0 Å². The van der Waals surface area contributed by atoms with Crippen LogP contribution in [0.1, 0.15) is 40.5 Å². The van der Waals surface area contributed by atoms with Crippen LogP contribution in [0.4, 0.5) is 4.39 Å². The Hall–Kier alpha value is -0.125. The molecule has 1 unspecified atom stereocenters. The van der Waals surface area contributed by atoms with E-state index in [1.165, 1.54) is 0 Å². The molecule has 0 aromatic rings. The summed E-state index contributed by atoms with van der Waals surface area (Å²) in [4.78, 5) is 0. The predicted octanol–water partition coefficient (Wildman–Crippen LogP) is 1.69. The minimum absolute atomic E-state index is 0.248. The molecule has 0 saturated carbocycles. The molecule has 2 N–H and O–H groups in total. The molecular weight excluding hydrogens is 196 g/mol. The Labute approximate surface area is 91.6 Å². The van der Waals surface area contributed by atoms with Crippen LogP contribution in [-0.2, 0) is 9.31 Å². The van der Waals surface area contributed by atoms with Gasteiger partial charge >= 0.3 is 7.12 Å². The molecule has 0 aliphatic carbocycles. The number of hydrogen-bond acceptors (Lipinski definition) is 3. The minimum Gasteiger partial charge on any atom is -0.402 e. The molecule has 0 spiro atoms. The lowest BCUT2D eigenvalue weighted by Gasteiger charge is -2.32. The van der Waals surface area contributed by atoms with Gasteiger partial charge in [-0.3, -0.25) is 4.39 Å². The molecule has 0 aromatic carbocycles. The Morgan fingerprint density at radius 1 is 1.20 bits per heavy atom. The second-order valence-corrected chi connectivity index (χ2v) is 5.12. The molecule has 1 aliphatic heterocycles. The van der Waals surface area contributed by atoms with E-state index in [9.17, 15) is 4.39 Å². The van der Waals surface area contributed by atoms with Gasteiger partial charge in [0.05, 0.1) is 17.9 Å². The molecule has 1 atom stereocenters. The summed E-state index contributed by atoms with van der Waals surface area (Å²) in [6.07, 6.45) is 1.05. The Kier molecular flexibility index (Phi) is 3.79. The van der Waals surface area contributed by atoms with Crippen LogP contribution in [0.5, 0.6) is 0 Å². The number of nitrogens with two attached hydrogens (primary N) is 1. The fourth-order valence-corrected chi connectivity index (χ4v) is 1.51. The van der Waals surface area contributed by atoms with Crippen molar-refractivity contribution in [3.05, 3.63) is 0 Å². The number of rotatable bonds is 4. The van der Waals surface area contributed by atoms with Crippen molar-refractivity contribution < 1.29 is 13.7 Å². The molecule has 0 aromatic heterocycles. The molecule has 0 bridgehead atoms. The normalized spacial score (nSPS) is 25.6. The van der Waals surface area contributed by atoms with E-state index in [1.54, 1.807) is 0 Å². The average molecular weight is 217 g/mol. The SMILES string of the molecule is CC1(C)OB(C(N)CCCF)OC1(C)C. The van der Waals surface area contributed by atoms with Gasteiger partial charge in [-0.25, -0.2) is 0 Å². The van der Waals surface area contributed by atoms with E-state index >= 15 is 0 Å². The third-order valence-electron chi connectivity index (χ3n) is 3.29. The zero-order valence-electron chi connectivity index (χ0n) is 10.0. The van der Waals surface area contributed by atoms with Crippen molar-refractivity contribution in [3.63, 3.8) is 0 Å². The lowest BCUT2D eigenvalue weighted by molar-refractivity contribution is 0.00578. The summed E-state index contributed by atoms with van der Waals surface area (Å²) in [7, 11) is -0.415. The first-order valence-electron chi connectivity index (χ1n) is 5.47. The summed E-state index contributed by atoms with van der Waals surface area (Å²) < 4.78 is 23.5. The summed E-state index contributed by atoms with van der Waals surface area (Å²) in [5.74, 6) is -0.248. The topological polar surface area (TPSA) is 44.5 Å². The van der Waals surface area contributed by atoms with Crippen LogP contribution in [0.2, 0.25) is 0 Å². The summed E-state index contributed by atoms with van der Waals surface area (Å²) in [6.45, 7) is 7.58. The minimum atomic E-state index is -0.415. The van der Waals surface area contributed by atoms with Gasteiger partial charge in [-0.05, 0) is 40.5 Å². The molecule has 3 nitrogen and oxygen atoms in total. The van der Waals surface area contributed by atoms with Gasteiger partial charge in [-0.1, -0.05) is 0 Å². The average Bonchev–Trinajstić information content (AvgIpc) is 2.32. The lowest BCUT2D eigenvalue weighted by Crippen LogP contribution is -2.41. The summed E-state index contributed by atoms with van der Waals surface area (Å²) in [6, 6.07) is 0. The van der Waals surface area contributed by atoms with Crippen LogP contribution in [-0.4, -0.2) is 30.9 Å². The first-order valence-corrected chi connectivity index (χ1v) is 5.47.